The molecule has 7 heteroatoms. The van der Waals surface area contributed by atoms with E-state index >= 15 is 0 Å². The maximum absolute atomic E-state index is 11.6. The number of carboxylic acids is 2. The van der Waals surface area contributed by atoms with E-state index in [9.17, 15) is 19.8 Å². The first-order valence-electron chi connectivity index (χ1n) is 6.64. The topological polar surface area (TPSA) is 100 Å². The van der Waals surface area contributed by atoms with Crippen LogP contribution in [0.3, 0.4) is 0 Å². The van der Waals surface area contributed by atoms with E-state index in [1.165, 1.54) is 0 Å². The minimum atomic E-state index is -1.15. The number of benzene rings is 1. The monoisotopic (exact) mass is 324 g/mol. The molecule has 0 aliphatic heterocycles. The zero-order valence-electron chi connectivity index (χ0n) is 11.5. The van der Waals surface area contributed by atoms with Crippen molar-refractivity contribution in [3.05, 3.63) is 46.4 Å². The van der Waals surface area contributed by atoms with Crippen LogP contribution >= 0.6 is 11.3 Å². The van der Waals surface area contributed by atoms with Crippen LogP contribution in [0, 0.1) is 0 Å². The van der Waals surface area contributed by atoms with Crippen molar-refractivity contribution < 1.29 is 19.8 Å². The van der Waals surface area contributed by atoms with Crippen LogP contribution in [0.1, 0.15) is 19.3 Å². The average molecular weight is 324 g/mol. The van der Waals surface area contributed by atoms with Crippen LogP contribution in [-0.2, 0) is 0 Å². The van der Waals surface area contributed by atoms with Gasteiger partial charge in [0.25, 0.3) is 0 Å². The minimum Gasteiger partial charge on any atom is -0.477 e. The van der Waals surface area contributed by atoms with Crippen molar-refractivity contribution in [2.75, 3.05) is 0 Å². The Bertz CT molecular complexity index is 1050. The van der Waals surface area contributed by atoms with Gasteiger partial charge in [0.1, 0.15) is 9.75 Å². The summed E-state index contributed by atoms with van der Waals surface area (Å²) in [4.78, 5) is 31.9. The number of carbonyl (C=O) groups is 2. The molecule has 0 aliphatic rings. The third-order valence-corrected chi connectivity index (χ3v) is 4.84. The highest BCUT2D eigenvalue weighted by atomic mass is 32.1. The van der Waals surface area contributed by atoms with Gasteiger partial charge in [0.15, 0.2) is 0 Å². The van der Waals surface area contributed by atoms with E-state index in [0.29, 0.717) is 32.6 Å². The van der Waals surface area contributed by atoms with Crippen molar-refractivity contribution in [1.29, 1.82) is 0 Å². The van der Waals surface area contributed by atoms with Gasteiger partial charge in [-0.3, -0.25) is 9.97 Å². The summed E-state index contributed by atoms with van der Waals surface area (Å²) in [7, 11) is 0. The van der Waals surface area contributed by atoms with Crippen LogP contribution in [0.2, 0.25) is 0 Å². The maximum atomic E-state index is 11.6. The number of hydrogen-bond donors (Lipinski definition) is 2. The number of carboxylic acid groups (broad SMARTS) is 2. The molecular formula is C16H8N2O4S. The van der Waals surface area contributed by atoms with Crippen LogP contribution in [0.5, 0.6) is 0 Å². The molecule has 0 bridgehead atoms. The number of fused-ring (bicyclic) bond motifs is 6. The Hall–Kier alpha value is -3.06. The largest absolute Gasteiger partial charge is 0.477 e. The van der Waals surface area contributed by atoms with Crippen LogP contribution in [0.25, 0.3) is 32.6 Å². The first kappa shape index (κ1) is 13.6. The van der Waals surface area contributed by atoms with Gasteiger partial charge < -0.3 is 10.2 Å². The van der Waals surface area contributed by atoms with Gasteiger partial charge in [-0.2, -0.15) is 0 Å². The molecule has 0 saturated carbocycles. The molecule has 0 atom stereocenters. The van der Waals surface area contributed by atoms with Crippen molar-refractivity contribution in [2.24, 2.45) is 0 Å². The number of pyridine rings is 2. The Morgan fingerprint density at radius 1 is 0.826 bits per heavy atom. The Kier molecular flexibility index (Phi) is 2.79. The molecule has 112 valence electrons. The Balaban J connectivity index is 2.43. The zero-order chi connectivity index (χ0) is 16.1. The van der Waals surface area contributed by atoms with E-state index in [2.05, 4.69) is 9.97 Å². The Morgan fingerprint density at radius 2 is 1.26 bits per heavy atom. The summed E-state index contributed by atoms with van der Waals surface area (Å²) in [6.07, 6.45) is 3.21. The molecule has 0 amide bonds. The second-order valence-electron chi connectivity index (χ2n) is 4.92. The third-order valence-electron chi connectivity index (χ3n) is 3.68. The van der Waals surface area contributed by atoms with Gasteiger partial charge in [0.2, 0.25) is 0 Å². The quantitative estimate of drug-likeness (QED) is 0.548. The van der Waals surface area contributed by atoms with Crippen molar-refractivity contribution in [2.45, 2.75) is 0 Å². The van der Waals surface area contributed by atoms with E-state index in [1.807, 2.05) is 0 Å². The highest BCUT2D eigenvalue weighted by Gasteiger charge is 2.25. The smallest absolute Gasteiger partial charge is 0.346 e. The Labute approximate surface area is 132 Å². The molecule has 0 saturated heterocycles. The van der Waals surface area contributed by atoms with Gasteiger partial charge in [-0.05, 0) is 12.1 Å². The number of aromatic carboxylic acids is 2. The predicted molar refractivity (Wildman–Crippen MR) is 86.3 cm³/mol. The normalized spacial score (nSPS) is 11.3. The van der Waals surface area contributed by atoms with Crippen molar-refractivity contribution in [3.63, 3.8) is 0 Å². The summed E-state index contributed by atoms with van der Waals surface area (Å²) in [5.74, 6) is -2.30. The second-order valence-corrected chi connectivity index (χ2v) is 5.94. The highest BCUT2D eigenvalue weighted by Crippen LogP contribution is 2.41. The lowest BCUT2D eigenvalue weighted by molar-refractivity contribution is 0.0696. The molecule has 0 aliphatic carbocycles. The highest BCUT2D eigenvalue weighted by molar-refractivity contribution is 7.18. The molecule has 4 rings (SSSR count). The van der Waals surface area contributed by atoms with Gasteiger partial charge in [-0.25, -0.2) is 9.59 Å². The standard InChI is InChI=1S/C16H8N2O4S/c19-15(20)13-9-7-3-1-5-17-11(7)12-8(4-2-6-18-12)10(9)14(23-13)16(21)22/h1-6H,(H,19,20)(H,21,22). The molecule has 0 spiro atoms. The first-order valence-corrected chi connectivity index (χ1v) is 7.45. The molecule has 23 heavy (non-hydrogen) atoms. The van der Waals surface area contributed by atoms with Gasteiger partial charge in [-0.15, -0.1) is 11.3 Å². The molecule has 0 fully saturated rings. The predicted octanol–water partition coefficient (Wildman–Crippen LogP) is 3.39. The van der Waals surface area contributed by atoms with Gasteiger partial charge in [0.05, 0.1) is 11.0 Å². The molecule has 3 heterocycles. The second kappa shape index (κ2) is 4.72. The van der Waals surface area contributed by atoms with Gasteiger partial charge in [-0.1, -0.05) is 12.1 Å². The van der Waals surface area contributed by atoms with Crippen molar-refractivity contribution in [1.82, 2.24) is 9.97 Å². The molecule has 3 aromatic heterocycles. The summed E-state index contributed by atoms with van der Waals surface area (Å²) in [5.41, 5.74) is 1.13. The zero-order valence-corrected chi connectivity index (χ0v) is 12.3. The van der Waals surface area contributed by atoms with Crippen LogP contribution in [-0.4, -0.2) is 32.1 Å². The molecule has 2 N–H and O–H groups in total. The number of rotatable bonds is 2. The lowest BCUT2D eigenvalue weighted by Crippen LogP contribution is -1.95. The molecular weight excluding hydrogens is 316 g/mol. The summed E-state index contributed by atoms with van der Waals surface area (Å²) in [6.45, 7) is 0. The summed E-state index contributed by atoms with van der Waals surface area (Å²) >= 11 is 0.764. The van der Waals surface area contributed by atoms with E-state index < -0.39 is 11.9 Å². The SMILES string of the molecule is O=C(O)c1sc(C(=O)O)c2c3cccnc3c3ncccc3c12. The molecule has 4 aromatic rings. The number of nitrogens with zero attached hydrogens (tertiary/aromatic N) is 2. The summed E-state index contributed by atoms with van der Waals surface area (Å²) in [5, 5.41) is 21.0. The van der Waals surface area contributed by atoms with Crippen LogP contribution in [0.15, 0.2) is 36.7 Å². The number of aromatic nitrogens is 2. The summed E-state index contributed by atoms with van der Waals surface area (Å²) < 4.78 is 0. The van der Waals surface area contributed by atoms with Gasteiger partial charge >= 0.3 is 11.9 Å². The van der Waals surface area contributed by atoms with Crippen LogP contribution in [0.4, 0.5) is 0 Å². The molecule has 0 unspecified atom stereocenters. The fraction of sp³-hybridized carbons (Fsp3) is 0. The fourth-order valence-electron chi connectivity index (χ4n) is 2.84. The van der Waals surface area contributed by atoms with E-state index in [4.69, 9.17) is 0 Å². The maximum Gasteiger partial charge on any atom is 0.346 e. The van der Waals surface area contributed by atoms with Crippen LogP contribution < -0.4 is 0 Å². The molecule has 0 radical (unpaired) electrons. The minimum absolute atomic E-state index is 0.00107. The lowest BCUT2D eigenvalue weighted by atomic mass is 10.0. The average Bonchev–Trinajstić information content (AvgIpc) is 2.96. The fourth-order valence-corrected chi connectivity index (χ4v) is 3.84. The van der Waals surface area contributed by atoms with Crippen molar-refractivity contribution in [3.8, 4) is 0 Å². The third kappa shape index (κ3) is 1.80. The van der Waals surface area contributed by atoms with E-state index in [0.717, 1.165) is 11.3 Å². The number of thiophene rings is 1. The molecule has 1 aromatic carbocycles. The van der Waals surface area contributed by atoms with Gasteiger partial charge in [0, 0.05) is 33.9 Å². The first-order chi connectivity index (χ1) is 11.1. The van der Waals surface area contributed by atoms with Crippen molar-refractivity contribution >= 4 is 55.9 Å². The molecule has 6 nitrogen and oxygen atoms in total. The number of hydrogen-bond acceptors (Lipinski definition) is 5. The van der Waals surface area contributed by atoms with E-state index in [1.54, 1.807) is 36.7 Å². The van der Waals surface area contributed by atoms with E-state index in [-0.39, 0.29) is 9.75 Å². The lowest BCUT2D eigenvalue weighted by Gasteiger charge is -2.06. The Morgan fingerprint density at radius 3 is 1.65 bits per heavy atom. The summed E-state index contributed by atoms with van der Waals surface area (Å²) in [6, 6.07) is 6.87.